The van der Waals surface area contributed by atoms with Gasteiger partial charge < -0.3 is 14.6 Å². The Kier molecular flexibility index (Phi) is 6.75. The molecule has 0 bridgehead atoms. The van der Waals surface area contributed by atoms with Gasteiger partial charge in [-0.25, -0.2) is 9.67 Å². The van der Waals surface area contributed by atoms with Crippen molar-refractivity contribution in [2.45, 2.75) is 51.0 Å². The van der Waals surface area contributed by atoms with E-state index in [9.17, 15) is 0 Å². The predicted octanol–water partition coefficient (Wildman–Crippen LogP) is 6.80. The average Bonchev–Trinajstić information content (AvgIpc) is 3.64. The second kappa shape index (κ2) is 10.6. The Hall–Kier alpha value is -3.54. The van der Waals surface area contributed by atoms with Gasteiger partial charge in [-0.15, -0.1) is 0 Å². The van der Waals surface area contributed by atoms with Crippen molar-refractivity contribution in [3.05, 3.63) is 79.3 Å². The summed E-state index contributed by atoms with van der Waals surface area (Å²) >= 11 is 0. The Morgan fingerprint density at radius 3 is 2.56 bits per heavy atom. The molecule has 3 heterocycles. The normalized spacial score (nSPS) is 22.4. The van der Waals surface area contributed by atoms with E-state index in [-0.39, 0.29) is 0 Å². The number of anilines is 2. The number of piperidine rings is 1. The van der Waals surface area contributed by atoms with Crippen LogP contribution < -0.4 is 10.2 Å². The SMILES string of the molecule is c1ccc(-c2cnc(N[C@@H]3CCCC[C@H]3C[C@H]3CCCN(c4ccc(-n5cccn5)cc4)C3)o2)cc1. The van der Waals surface area contributed by atoms with E-state index >= 15 is 0 Å². The van der Waals surface area contributed by atoms with Gasteiger partial charge in [-0.2, -0.15) is 5.10 Å². The summed E-state index contributed by atoms with van der Waals surface area (Å²) in [4.78, 5) is 7.13. The van der Waals surface area contributed by atoms with Crippen molar-refractivity contribution in [3.8, 4) is 17.0 Å². The molecule has 3 atom stereocenters. The molecule has 0 radical (unpaired) electrons. The molecule has 2 fully saturated rings. The molecular formula is C30H35N5O. The summed E-state index contributed by atoms with van der Waals surface area (Å²) in [7, 11) is 0. The van der Waals surface area contributed by atoms with Gasteiger partial charge in [0.2, 0.25) is 0 Å². The van der Waals surface area contributed by atoms with Crippen molar-refractivity contribution < 1.29 is 4.42 Å². The molecule has 0 unspecified atom stereocenters. The first-order chi connectivity index (χ1) is 17.8. The Labute approximate surface area is 213 Å². The monoisotopic (exact) mass is 481 g/mol. The van der Waals surface area contributed by atoms with E-state index < -0.39 is 0 Å². The number of hydrogen-bond acceptors (Lipinski definition) is 5. The van der Waals surface area contributed by atoms with Crippen LogP contribution in [-0.2, 0) is 0 Å². The molecule has 6 nitrogen and oxygen atoms in total. The van der Waals surface area contributed by atoms with Gasteiger partial charge >= 0.3 is 0 Å². The van der Waals surface area contributed by atoms with E-state index in [1.54, 1.807) is 0 Å². The maximum absolute atomic E-state index is 6.09. The summed E-state index contributed by atoms with van der Waals surface area (Å²) in [5.41, 5.74) is 3.50. The Bertz CT molecular complexity index is 1220. The Morgan fingerprint density at radius 2 is 1.72 bits per heavy atom. The van der Waals surface area contributed by atoms with E-state index in [2.05, 4.69) is 56.7 Å². The Morgan fingerprint density at radius 1 is 0.889 bits per heavy atom. The molecule has 1 aliphatic heterocycles. The Balaban J connectivity index is 1.08. The van der Waals surface area contributed by atoms with Crippen LogP contribution in [0, 0.1) is 11.8 Å². The van der Waals surface area contributed by atoms with Gasteiger partial charge in [0.15, 0.2) is 5.76 Å². The third kappa shape index (κ3) is 5.18. The maximum Gasteiger partial charge on any atom is 0.295 e. The average molecular weight is 482 g/mol. The molecular weight excluding hydrogens is 446 g/mol. The first-order valence-electron chi connectivity index (χ1n) is 13.4. The lowest BCUT2D eigenvalue weighted by Crippen LogP contribution is -2.39. The standard InChI is InChI=1S/C30H35N5O/c1-2-9-24(10-3-1)29-21-31-30(36-29)33-28-12-5-4-11-25(28)20-23-8-6-18-34(22-23)26-13-15-27(16-14-26)35-19-7-17-32-35/h1-3,7,9-10,13-17,19,21,23,25,28H,4-6,8,11-12,18,20,22H2,(H,31,33)/t23-,25+,28-/m1/s1. The van der Waals surface area contributed by atoms with Gasteiger partial charge in [-0.05, 0) is 74.3 Å². The molecule has 1 saturated carbocycles. The van der Waals surface area contributed by atoms with Crippen LogP contribution in [0.1, 0.15) is 44.9 Å². The summed E-state index contributed by atoms with van der Waals surface area (Å²) in [6.45, 7) is 2.28. The molecule has 1 aliphatic carbocycles. The number of aromatic nitrogens is 3. The molecule has 4 aromatic rings. The van der Waals surface area contributed by atoms with Crippen LogP contribution in [0.25, 0.3) is 17.0 Å². The van der Waals surface area contributed by atoms with Gasteiger partial charge in [-0.1, -0.05) is 43.2 Å². The number of oxazole rings is 1. The maximum atomic E-state index is 6.09. The van der Waals surface area contributed by atoms with E-state index in [4.69, 9.17) is 4.42 Å². The summed E-state index contributed by atoms with van der Waals surface area (Å²) in [6, 6.07) is 22.1. The van der Waals surface area contributed by atoms with Gasteiger partial charge in [0.05, 0.1) is 11.9 Å². The highest BCUT2D eigenvalue weighted by Gasteiger charge is 2.30. The molecule has 36 heavy (non-hydrogen) atoms. The predicted molar refractivity (Wildman–Crippen MR) is 144 cm³/mol. The van der Waals surface area contributed by atoms with Gasteiger partial charge in [0.25, 0.3) is 6.01 Å². The van der Waals surface area contributed by atoms with Crippen molar-refractivity contribution in [2.75, 3.05) is 23.3 Å². The number of benzene rings is 2. The van der Waals surface area contributed by atoms with Crippen molar-refractivity contribution in [3.63, 3.8) is 0 Å². The first-order valence-corrected chi connectivity index (χ1v) is 13.4. The van der Waals surface area contributed by atoms with Crippen LogP contribution >= 0.6 is 0 Å². The van der Waals surface area contributed by atoms with Gasteiger partial charge in [0, 0.05) is 42.8 Å². The highest BCUT2D eigenvalue weighted by Crippen LogP contribution is 2.36. The number of rotatable bonds is 7. The lowest BCUT2D eigenvalue weighted by Gasteiger charge is -2.39. The summed E-state index contributed by atoms with van der Waals surface area (Å²) < 4.78 is 8.00. The smallest absolute Gasteiger partial charge is 0.295 e. The first kappa shape index (κ1) is 22.9. The fourth-order valence-electron chi connectivity index (χ4n) is 6.07. The lowest BCUT2D eigenvalue weighted by atomic mass is 9.77. The van der Waals surface area contributed by atoms with Crippen molar-refractivity contribution in [1.29, 1.82) is 0 Å². The molecule has 2 aromatic heterocycles. The van der Waals surface area contributed by atoms with Crippen LogP contribution in [0.5, 0.6) is 0 Å². The topological polar surface area (TPSA) is 59.1 Å². The minimum Gasteiger partial charge on any atom is -0.424 e. The zero-order chi connectivity index (χ0) is 24.2. The third-order valence-electron chi connectivity index (χ3n) is 7.92. The van der Waals surface area contributed by atoms with Gasteiger partial charge in [0.1, 0.15) is 0 Å². The molecule has 186 valence electrons. The second-order valence-electron chi connectivity index (χ2n) is 10.3. The third-order valence-corrected chi connectivity index (χ3v) is 7.92. The van der Waals surface area contributed by atoms with Crippen LogP contribution in [0.15, 0.2) is 83.7 Å². The summed E-state index contributed by atoms with van der Waals surface area (Å²) in [5, 5.41) is 8.02. The fourth-order valence-corrected chi connectivity index (χ4v) is 6.07. The van der Waals surface area contributed by atoms with Crippen LogP contribution in [-0.4, -0.2) is 33.9 Å². The fraction of sp³-hybridized carbons (Fsp3) is 0.400. The molecule has 1 N–H and O–H groups in total. The van der Waals surface area contributed by atoms with Crippen molar-refractivity contribution >= 4 is 11.7 Å². The largest absolute Gasteiger partial charge is 0.424 e. The van der Waals surface area contributed by atoms with Crippen LogP contribution in [0.2, 0.25) is 0 Å². The zero-order valence-electron chi connectivity index (χ0n) is 20.8. The second-order valence-corrected chi connectivity index (χ2v) is 10.3. The zero-order valence-corrected chi connectivity index (χ0v) is 20.8. The van der Waals surface area contributed by atoms with Gasteiger partial charge in [-0.3, -0.25) is 0 Å². The molecule has 0 spiro atoms. The van der Waals surface area contributed by atoms with E-state index in [0.717, 1.165) is 36.0 Å². The molecule has 6 heteroatoms. The summed E-state index contributed by atoms with van der Waals surface area (Å²) in [6.07, 6.45) is 14.6. The highest BCUT2D eigenvalue weighted by molar-refractivity contribution is 5.57. The molecule has 0 amide bonds. The molecule has 1 saturated heterocycles. The minimum atomic E-state index is 0.435. The van der Waals surface area contributed by atoms with Crippen LogP contribution in [0.3, 0.4) is 0 Å². The summed E-state index contributed by atoms with van der Waals surface area (Å²) in [5.74, 6) is 2.21. The molecule has 6 rings (SSSR count). The minimum absolute atomic E-state index is 0.435. The number of nitrogens with one attached hydrogen (secondary N) is 1. The van der Waals surface area contributed by atoms with Crippen LogP contribution in [0.4, 0.5) is 11.7 Å². The lowest BCUT2D eigenvalue weighted by molar-refractivity contribution is 0.245. The number of nitrogens with zero attached hydrogens (tertiary/aromatic N) is 4. The number of hydrogen-bond donors (Lipinski definition) is 1. The quantitative estimate of drug-likeness (QED) is 0.314. The van der Waals surface area contributed by atoms with Crippen molar-refractivity contribution in [1.82, 2.24) is 14.8 Å². The van der Waals surface area contributed by atoms with E-state index in [0.29, 0.717) is 18.0 Å². The van der Waals surface area contributed by atoms with E-state index in [1.165, 1.54) is 50.6 Å². The highest BCUT2D eigenvalue weighted by atomic mass is 16.4. The van der Waals surface area contributed by atoms with E-state index in [1.807, 2.05) is 47.5 Å². The van der Waals surface area contributed by atoms with Crippen molar-refractivity contribution in [2.24, 2.45) is 11.8 Å². The molecule has 2 aromatic carbocycles. The molecule has 2 aliphatic rings.